The molecule has 0 aliphatic heterocycles. The predicted molar refractivity (Wildman–Crippen MR) is 96.3 cm³/mol. The average molecular weight is 347 g/mol. The van der Waals surface area contributed by atoms with Gasteiger partial charge in [0.2, 0.25) is 0 Å². The smallest absolute Gasteiger partial charge is 0.150 e. The van der Waals surface area contributed by atoms with Crippen LogP contribution in [0.4, 0.5) is 10.2 Å². The van der Waals surface area contributed by atoms with Crippen molar-refractivity contribution in [3.05, 3.63) is 46.3 Å². The molecule has 6 heteroatoms. The van der Waals surface area contributed by atoms with Crippen molar-refractivity contribution in [2.75, 3.05) is 5.73 Å². The molecular weight excluding hydrogens is 327 g/mol. The first-order valence-corrected chi connectivity index (χ1v) is 7.91. The third kappa shape index (κ3) is 2.18. The number of aromatic nitrogens is 3. The molecule has 0 saturated carbocycles. The van der Waals surface area contributed by atoms with E-state index in [0.717, 1.165) is 47.6 Å². The van der Waals surface area contributed by atoms with E-state index < -0.39 is 0 Å². The van der Waals surface area contributed by atoms with E-state index >= 15 is 0 Å². The van der Waals surface area contributed by atoms with Crippen LogP contribution in [0.5, 0.6) is 0 Å². The fourth-order valence-electron chi connectivity index (χ4n) is 3.65. The number of hydrogen-bond donors (Lipinski definition) is 1. The summed E-state index contributed by atoms with van der Waals surface area (Å²) in [6.07, 6.45) is 2.77. The van der Waals surface area contributed by atoms with Gasteiger partial charge in [-0.1, -0.05) is 6.07 Å². The standard InChI is InChI=1S/C18H19FN4.ClH/c1-9-10(2)23-11(3)22-16(17(23)18(20)21-9)14-8-7-12-5-4-6-13(12)15(14)19;/h7-8H,4-6H2,1-3H3,(H2,20,21);1H. The predicted octanol–water partition coefficient (Wildman–Crippen LogP) is 3.95. The highest BCUT2D eigenvalue weighted by atomic mass is 35.5. The van der Waals surface area contributed by atoms with Crippen molar-refractivity contribution in [1.82, 2.24) is 14.4 Å². The zero-order chi connectivity index (χ0) is 16.3. The summed E-state index contributed by atoms with van der Waals surface area (Å²) in [5, 5.41) is 0. The summed E-state index contributed by atoms with van der Waals surface area (Å²) in [4.78, 5) is 9.01. The molecule has 1 aromatic carbocycles. The van der Waals surface area contributed by atoms with Crippen LogP contribution >= 0.6 is 12.4 Å². The molecule has 0 bridgehead atoms. The Kier molecular flexibility index (Phi) is 4.00. The number of aryl methyl sites for hydroxylation is 4. The minimum atomic E-state index is -0.155. The molecule has 4 nitrogen and oxygen atoms in total. The van der Waals surface area contributed by atoms with E-state index in [4.69, 9.17) is 5.73 Å². The van der Waals surface area contributed by atoms with E-state index in [1.807, 2.05) is 37.3 Å². The zero-order valence-electron chi connectivity index (χ0n) is 14.0. The molecule has 126 valence electrons. The Morgan fingerprint density at radius 3 is 2.62 bits per heavy atom. The fraction of sp³-hybridized carbons (Fsp3) is 0.333. The maximum atomic E-state index is 15.0. The zero-order valence-corrected chi connectivity index (χ0v) is 14.8. The van der Waals surface area contributed by atoms with Crippen molar-refractivity contribution in [2.24, 2.45) is 0 Å². The first kappa shape index (κ1) is 16.7. The molecule has 1 aliphatic carbocycles. The molecular formula is C18H20ClFN4. The highest BCUT2D eigenvalue weighted by Crippen LogP contribution is 2.35. The molecule has 0 radical (unpaired) electrons. The number of fused-ring (bicyclic) bond motifs is 2. The van der Waals surface area contributed by atoms with Gasteiger partial charge in [0.25, 0.3) is 0 Å². The summed E-state index contributed by atoms with van der Waals surface area (Å²) >= 11 is 0. The first-order chi connectivity index (χ1) is 11.0. The SMILES string of the molecule is Cc1nc(N)c2c(-c3ccc4c(c3F)CCC4)nc(C)n2c1C.Cl. The van der Waals surface area contributed by atoms with Crippen molar-refractivity contribution in [3.8, 4) is 11.3 Å². The van der Waals surface area contributed by atoms with Gasteiger partial charge in [-0.3, -0.25) is 4.40 Å². The number of benzene rings is 1. The summed E-state index contributed by atoms with van der Waals surface area (Å²) in [5.41, 5.74) is 11.7. The summed E-state index contributed by atoms with van der Waals surface area (Å²) in [7, 11) is 0. The number of rotatable bonds is 1. The lowest BCUT2D eigenvalue weighted by molar-refractivity contribution is 0.616. The second kappa shape index (κ2) is 5.74. The lowest BCUT2D eigenvalue weighted by Gasteiger charge is -2.10. The van der Waals surface area contributed by atoms with E-state index in [2.05, 4.69) is 9.97 Å². The number of imidazole rings is 1. The van der Waals surface area contributed by atoms with Gasteiger partial charge >= 0.3 is 0 Å². The van der Waals surface area contributed by atoms with Crippen LogP contribution in [-0.4, -0.2) is 14.4 Å². The Hall–Kier alpha value is -2.14. The summed E-state index contributed by atoms with van der Waals surface area (Å²) in [6.45, 7) is 5.81. The average Bonchev–Trinajstić information content (AvgIpc) is 3.10. The summed E-state index contributed by atoms with van der Waals surface area (Å²) in [5.74, 6) is 1.03. The molecule has 0 unspecified atom stereocenters. The Morgan fingerprint density at radius 1 is 1.12 bits per heavy atom. The van der Waals surface area contributed by atoms with Crippen molar-refractivity contribution >= 4 is 23.7 Å². The second-order valence-corrected chi connectivity index (χ2v) is 6.28. The Labute approximate surface area is 146 Å². The van der Waals surface area contributed by atoms with Crippen molar-refractivity contribution in [3.63, 3.8) is 0 Å². The number of nitrogen functional groups attached to an aromatic ring is 1. The number of halogens is 2. The van der Waals surface area contributed by atoms with E-state index in [9.17, 15) is 4.39 Å². The molecule has 0 fully saturated rings. The van der Waals surface area contributed by atoms with E-state index in [1.54, 1.807) is 0 Å². The molecule has 4 rings (SSSR count). The van der Waals surface area contributed by atoms with Gasteiger partial charge in [0, 0.05) is 11.3 Å². The highest BCUT2D eigenvalue weighted by Gasteiger charge is 2.23. The van der Waals surface area contributed by atoms with Crippen molar-refractivity contribution in [1.29, 1.82) is 0 Å². The van der Waals surface area contributed by atoms with Gasteiger partial charge in [-0.05, 0) is 57.2 Å². The topological polar surface area (TPSA) is 56.2 Å². The molecule has 0 atom stereocenters. The van der Waals surface area contributed by atoms with Crippen molar-refractivity contribution in [2.45, 2.75) is 40.0 Å². The van der Waals surface area contributed by atoms with Crippen LogP contribution in [0.15, 0.2) is 12.1 Å². The Morgan fingerprint density at radius 2 is 1.88 bits per heavy atom. The molecule has 2 aromatic heterocycles. The number of anilines is 1. The summed E-state index contributed by atoms with van der Waals surface area (Å²) in [6, 6.07) is 3.85. The van der Waals surface area contributed by atoms with Crippen LogP contribution in [0.25, 0.3) is 16.8 Å². The maximum absolute atomic E-state index is 15.0. The van der Waals surface area contributed by atoms with Gasteiger partial charge < -0.3 is 5.73 Å². The van der Waals surface area contributed by atoms with Gasteiger partial charge in [0.15, 0.2) is 0 Å². The number of nitrogens with two attached hydrogens (primary N) is 1. The quantitative estimate of drug-likeness (QED) is 0.725. The van der Waals surface area contributed by atoms with Crippen LogP contribution in [0.3, 0.4) is 0 Å². The molecule has 2 heterocycles. The number of nitrogens with zero attached hydrogens (tertiary/aromatic N) is 3. The van der Waals surface area contributed by atoms with Gasteiger partial charge in [-0.2, -0.15) is 0 Å². The van der Waals surface area contributed by atoms with Crippen LogP contribution in [0.1, 0.15) is 34.8 Å². The van der Waals surface area contributed by atoms with Crippen molar-refractivity contribution < 1.29 is 4.39 Å². The van der Waals surface area contributed by atoms with Crippen LogP contribution < -0.4 is 5.73 Å². The first-order valence-electron chi connectivity index (χ1n) is 7.91. The molecule has 2 N–H and O–H groups in total. The van der Waals surface area contributed by atoms with Gasteiger partial charge in [0.1, 0.15) is 28.7 Å². The number of hydrogen-bond acceptors (Lipinski definition) is 3. The molecule has 1 aliphatic rings. The monoisotopic (exact) mass is 346 g/mol. The molecule has 24 heavy (non-hydrogen) atoms. The molecule has 0 spiro atoms. The van der Waals surface area contributed by atoms with Crippen LogP contribution in [0, 0.1) is 26.6 Å². The van der Waals surface area contributed by atoms with E-state index in [0.29, 0.717) is 22.6 Å². The van der Waals surface area contributed by atoms with Gasteiger partial charge in [0.05, 0.1) is 5.69 Å². The lowest BCUT2D eigenvalue weighted by Crippen LogP contribution is -2.04. The molecule has 3 aromatic rings. The van der Waals surface area contributed by atoms with Crippen LogP contribution in [0.2, 0.25) is 0 Å². The third-order valence-corrected chi connectivity index (χ3v) is 4.90. The molecule has 0 saturated heterocycles. The molecule has 0 amide bonds. The lowest BCUT2D eigenvalue weighted by atomic mass is 10.0. The van der Waals surface area contributed by atoms with Crippen LogP contribution in [-0.2, 0) is 12.8 Å². The van der Waals surface area contributed by atoms with Gasteiger partial charge in [-0.15, -0.1) is 12.4 Å². The maximum Gasteiger partial charge on any atom is 0.150 e. The minimum absolute atomic E-state index is 0. The van der Waals surface area contributed by atoms with Gasteiger partial charge in [-0.25, -0.2) is 14.4 Å². The highest BCUT2D eigenvalue weighted by molar-refractivity contribution is 5.86. The largest absolute Gasteiger partial charge is 0.382 e. The normalized spacial score (nSPS) is 13.2. The Bertz CT molecular complexity index is 962. The Balaban J connectivity index is 0.00000169. The fourth-order valence-corrected chi connectivity index (χ4v) is 3.65. The van der Waals surface area contributed by atoms with E-state index in [-0.39, 0.29) is 18.2 Å². The minimum Gasteiger partial charge on any atom is -0.382 e. The third-order valence-electron chi connectivity index (χ3n) is 4.90. The summed E-state index contributed by atoms with van der Waals surface area (Å²) < 4.78 is 17.0. The second-order valence-electron chi connectivity index (χ2n) is 6.28. The van der Waals surface area contributed by atoms with E-state index in [1.165, 1.54) is 0 Å².